The van der Waals surface area contributed by atoms with Crippen LogP contribution in [0.3, 0.4) is 0 Å². The maximum Gasteiger partial charge on any atom is 0.276 e. The average Bonchev–Trinajstić information content (AvgIpc) is 2.88. The van der Waals surface area contributed by atoms with Crippen LogP contribution in [-0.2, 0) is 0 Å². The number of nitrogens with zero attached hydrogens (tertiary/aromatic N) is 3. The van der Waals surface area contributed by atoms with E-state index in [1.807, 2.05) is 6.92 Å². The first-order valence-corrected chi connectivity index (χ1v) is 7.20. The van der Waals surface area contributed by atoms with E-state index in [2.05, 4.69) is 29.0 Å². The smallest absolute Gasteiger partial charge is 0.276 e. The molecule has 1 atom stereocenters. The highest BCUT2D eigenvalue weighted by molar-refractivity contribution is 5.56. The van der Waals surface area contributed by atoms with Crippen LogP contribution >= 0.6 is 0 Å². The van der Waals surface area contributed by atoms with Crippen LogP contribution in [0.2, 0.25) is 0 Å². The molecule has 1 N–H and O–H groups in total. The molecule has 0 radical (unpaired) electrons. The van der Waals surface area contributed by atoms with Gasteiger partial charge in [-0.15, -0.1) is 0 Å². The molecule has 0 aliphatic carbocycles. The maximum atomic E-state index is 11.1. The molecule has 6 nitrogen and oxygen atoms in total. The van der Waals surface area contributed by atoms with Gasteiger partial charge in [-0.3, -0.25) is 10.1 Å². The van der Waals surface area contributed by atoms with Gasteiger partial charge in [0.2, 0.25) is 0 Å². The van der Waals surface area contributed by atoms with Crippen LogP contribution in [0.4, 0.5) is 17.3 Å². The van der Waals surface area contributed by atoms with E-state index in [4.69, 9.17) is 0 Å². The van der Waals surface area contributed by atoms with Crippen LogP contribution in [0, 0.1) is 16.0 Å². The fourth-order valence-corrected chi connectivity index (χ4v) is 2.80. The van der Waals surface area contributed by atoms with Gasteiger partial charge in [0, 0.05) is 19.1 Å². The summed E-state index contributed by atoms with van der Waals surface area (Å²) >= 11 is 0. The van der Waals surface area contributed by atoms with E-state index in [1.54, 1.807) is 6.07 Å². The van der Waals surface area contributed by atoms with Crippen LogP contribution in [-0.4, -0.2) is 29.0 Å². The molecule has 0 saturated carbocycles. The minimum atomic E-state index is -0.355. The van der Waals surface area contributed by atoms with Crippen molar-refractivity contribution in [3.63, 3.8) is 0 Å². The van der Waals surface area contributed by atoms with Gasteiger partial charge >= 0.3 is 0 Å². The number of hydrogen-bond acceptors (Lipinski definition) is 5. The third-order valence-electron chi connectivity index (χ3n) is 3.73. The van der Waals surface area contributed by atoms with Crippen molar-refractivity contribution in [3.8, 4) is 0 Å². The maximum absolute atomic E-state index is 11.1. The molecule has 1 fully saturated rings. The molecule has 0 aromatic carbocycles. The number of nitrogens with one attached hydrogen (secondary N) is 1. The number of anilines is 2. The zero-order chi connectivity index (χ0) is 14.7. The fraction of sp³-hybridized carbons (Fsp3) is 0.643. The minimum Gasteiger partial charge on any atom is -0.370 e. The first-order valence-electron chi connectivity index (χ1n) is 7.20. The number of nitro groups is 1. The summed E-state index contributed by atoms with van der Waals surface area (Å²) in [5, 5.41) is 14.1. The molecule has 0 bridgehead atoms. The van der Waals surface area contributed by atoms with Gasteiger partial charge in [0.15, 0.2) is 0 Å². The van der Waals surface area contributed by atoms with Crippen molar-refractivity contribution in [3.05, 3.63) is 22.2 Å². The molecule has 2 rings (SSSR count). The summed E-state index contributed by atoms with van der Waals surface area (Å²) in [5.41, 5.74) is 0.0976. The topological polar surface area (TPSA) is 71.3 Å². The fourth-order valence-electron chi connectivity index (χ4n) is 2.80. The zero-order valence-corrected chi connectivity index (χ0v) is 12.3. The van der Waals surface area contributed by atoms with Gasteiger partial charge in [0.1, 0.15) is 11.6 Å². The van der Waals surface area contributed by atoms with Crippen LogP contribution in [0.25, 0.3) is 0 Å². The Balaban J connectivity index is 2.36. The molecular formula is C14H22N4O2. The molecule has 0 amide bonds. The van der Waals surface area contributed by atoms with Crippen molar-refractivity contribution in [1.82, 2.24) is 4.98 Å². The third kappa shape index (κ3) is 3.00. The van der Waals surface area contributed by atoms with Crippen molar-refractivity contribution < 1.29 is 4.92 Å². The number of hydrogen-bond donors (Lipinski definition) is 1. The van der Waals surface area contributed by atoms with Crippen LogP contribution in [0.5, 0.6) is 0 Å². The minimum absolute atomic E-state index is 0.0976. The normalized spacial score (nSPS) is 18.6. The Morgan fingerprint density at radius 1 is 1.55 bits per heavy atom. The molecule has 1 unspecified atom stereocenters. The Hall–Kier alpha value is -1.85. The van der Waals surface area contributed by atoms with E-state index in [-0.39, 0.29) is 10.6 Å². The average molecular weight is 278 g/mol. The summed E-state index contributed by atoms with van der Waals surface area (Å²) in [5.74, 6) is 1.80. The Bertz CT molecular complexity index is 490. The summed E-state index contributed by atoms with van der Waals surface area (Å²) in [6.07, 6.45) is 2.24. The molecule has 0 spiro atoms. The van der Waals surface area contributed by atoms with E-state index in [9.17, 15) is 10.1 Å². The Morgan fingerprint density at radius 3 is 2.90 bits per heavy atom. The van der Waals surface area contributed by atoms with Gasteiger partial charge in [-0.05, 0) is 25.7 Å². The molecule has 1 saturated heterocycles. The van der Waals surface area contributed by atoms with Gasteiger partial charge in [0.25, 0.3) is 5.69 Å². The first-order chi connectivity index (χ1) is 9.52. The van der Waals surface area contributed by atoms with E-state index in [0.29, 0.717) is 30.1 Å². The van der Waals surface area contributed by atoms with E-state index in [0.717, 1.165) is 19.4 Å². The van der Waals surface area contributed by atoms with Crippen LogP contribution < -0.4 is 10.2 Å². The molecule has 2 heterocycles. The highest BCUT2D eigenvalue weighted by atomic mass is 16.6. The lowest BCUT2D eigenvalue weighted by atomic mass is 10.0. The largest absolute Gasteiger partial charge is 0.370 e. The second-order valence-electron chi connectivity index (χ2n) is 5.50. The summed E-state index contributed by atoms with van der Waals surface area (Å²) in [7, 11) is 0. The number of pyridine rings is 1. The molecule has 6 heteroatoms. The van der Waals surface area contributed by atoms with E-state index >= 15 is 0 Å². The second-order valence-corrected chi connectivity index (χ2v) is 5.50. The Labute approximate surface area is 119 Å². The molecule has 1 aliphatic heterocycles. The lowest BCUT2D eigenvalue weighted by molar-refractivity contribution is -0.384. The summed E-state index contributed by atoms with van der Waals surface area (Å²) in [6, 6.07) is 3.49. The quantitative estimate of drug-likeness (QED) is 0.662. The lowest BCUT2D eigenvalue weighted by Crippen LogP contribution is -2.34. The molecule has 1 aromatic heterocycles. The number of aromatic nitrogens is 1. The monoisotopic (exact) mass is 278 g/mol. The standard InChI is InChI=1S/C14H22N4O2/c1-4-15-13-8-11(18(19)20)9-14(16-13)17-7-5-6-12(17)10(2)3/h8-10,12H,4-7H2,1-3H3,(H,15,16). The summed E-state index contributed by atoms with van der Waals surface area (Å²) < 4.78 is 0. The van der Waals surface area contributed by atoms with Crippen molar-refractivity contribution in [2.45, 2.75) is 39.7 Å². The molecule has 110 valence electrons. The predicted octanol–water partition coefficient (Wildman–Crippen LogP) is 3.05. The van der Waals surface area contributed by atoms with Gasteiger partial charge < -0.3 is 10.2 Å². The molecular weight excluding hydrogens is 256 g/mol. The van der Waals surface area contributed by atoms with Gasteiger partial charge in [-0.2, -0.15) is 0 Å². The van der Waals surface area contributed by atoms with Crippen molar-refractivity contribution in [1.29, 1.82) is 0 Å². The van der Waals surface area contributed by atoms with Gasteiger partial charge in [0.05, 0.1) is 17.1 Å². The lowest BCUT2D eigenvalue weighted by Gasteiger charge is -2.28. The van der Waals surface area contributed by atoms with Crippen molar-refractivity contribution in [2.24, 2.45) is 5.92 Å². The second kappa shape index (κ2) is 6.07. The number of rotatable bonds is 5. The molecule has 1 aromatic rings. The Kier molecular flexibility index (Phi) is 4.42. The van der Waals surface area contributed by atoms with Crippen molar-refractivity contribution in [2.75, 3.05) is 23.3 Å². The molecule has 1 aliphatic rings. The van der Waals surface area contributed by atoms with E-state index in [1.165, 1.54) is 6.07 Å². The van der Waals surface area contributed by atoms with Crippen LogP contribution in [0.15, 0.2) is 12.1 Å². The Morgan fingerprint density at radius 2 is 2.30 bits per heavy atom. The van der Waals surface area contributed by atoms with Crippen LogP contribution in [0.1, 0.15) is 33.6 Å². The first kappa shape index (κ1) is 14.6. The third-order valence-corrected chi connectivity index (χ3v) is 3.73. The van der Waals surface area contributed by atoms with Gasteiger partial charge in [-0.1, -0.05) is 13.8 Å². The van der Waals surface area contributed by atoms with E-state index < -0.39 is 0 Å². The molecule has 20 heavy (non-hydrogen) atoms. The van der Waals surface area contributed by atoms with Crippen molar-refractivity contribution >= 4 is 17.3 Å². The summed E-state index contributed by atoms with van der Waals surface area (Å²) in [4.78, 5) is 17.5. The summed E-state index contributed by atoms with van der Waals surface area (Å²) in [6.45, 7) is 7.94. The predicted molar refractivity (Wildman–Crippen MR) is 80.3 cm³/mol. The highest BCUT2D eigenvalue weighted by Gasteiger charge is 2.29. The highest BCUT2D eigenvalue weighted by Crippen LogP contribution is 2.31. The SMILES string of the molecule is CCNc1cc([N+](=O)[O-])cc(N2CCCC2C(C)C)n1. The van der Waals surface area contributed by atoms with Gasteiger partial charge in [-0.25, -0.2) is 4.98 Å². The zero-order valence-electron chi connectivity index (χ0n) is 12.3.